The third kappa shape index (κ3) is 3.80. The van der Waals surface area contributed by atoms with Gasteiger partial charge in [0, 0.05) is 13.0 Å². The summed E-state index contributed by atoms with van der Waals surface area (Å²) in [5.74, 6) is 1.31. The fourth-order valence-corrected chi connectivity index (χ4v) is 2.15. The number of hydrogen-bond donors (Lipinski definition) is 1. The number of carbonyl (C=O) groups is 1. The van der Waals surface area contributed by atoms with Gasteiger partial charge in [-0.25, -0.2) is 0 Å². The van der Waals surface area contributed by atoms with E-state index in [0.717, 1.165) is 5.82 Å². The van der Waals surface area contributed by atoms with E-state index >= 15 is 0 Å². The van der Waals surface area contributed by atoms with Crippen LogP contribution in [0.5, 0.6) is 0 Å². The van der Waals surface area contributed by atoms with Crippen LogP contribution in [0, 0.1) is 6.92 Å². The summed E-state index contributed by atoms with van der Waals surface area (Å²) in [6.07, 6.45) is 1.65. The highest BCUT2D eigenvalue weighted by Crippen LogP contribution is 2.15. The zero-order valence-electron chi connectivity index (χ0n) is 11.5. The van der Waals surface area contributed by atoms with Gasteiger partial charge in [-0.05, 0) is 13.8 Å². The van der Waals surface area contributed by atoms with E-state index in [1.807, 2.05) is 18.4 Å². The van der Waals surface area contributed by atoms with Gasteiger partial charge in [-0.3, -0.25) is 4.79 Å². The summed E-state index contributed by atoms with van der Waals surface area (Å²) in [5, 5.41) is 18.5. The molecule has 0 aromatic carbocycles. The highest BCUT2D eigenvalue weighted by Gasteiger charge is 2.10. The molecule has 0 unspecified atom stereocenters. The highest BCUT2D eigenvalue weighted by atomic mass is 32.2. The molecule has 8 nitrogen and oxygen atoms in total. The molecule has 0 atom stereocenters. The van der Waals surface area contributed by atoms with Crippen LogP contribution in [0.1, 0.15) is 31.6 Å². The van der Waals surface area contributed by atoms with Gasteiger partial charge in [0.15, 0.2) is 5.82 Å². The summed E-state index contributed by atoms with van der Waals surface area (Å²) in [5.41, 5.74) is 0. The van der Waals surface area contributed by atoms with Crippen LogP contribution in [0.25, 0.3) is 0 Å². The van der Waals surface area contributed by atoms with Crippen LogP contribution in [-0.2, 0) is 11.3 Å². The highest BCUT2D eigenvalue weighted by molar-refractivity contribution is 7.99. The van der Waals surface area contributed by atoms with Gasteiger partial charge < -0.3 is 14.3 Å². The zero-order chi connectivity index (χ0) is 14.5. The molecule has 0 radical (unpaired) electrons. The summed E-state index contributed by atoms with van der Waals surface area (Å²) >= 11 is 1.20. The van der Waals surface area contributed by atoms with Crippen molar-refractivity contribution in [1.82, 2.24) is 30.3 Å². The Kier molecular flexibility index (Phi) is 4.72. The first-order chi connectivity index (χ1) is 9.56. The summed E-state index contributed by atoms with van der Waals surface area (Å²) in [6, 6.07) is 0.257. The number of thioether (sulfide) groups is 1. The predicted octanol–water partition coefficient (Wildman–Crippen LogP) is 0.959. The topological polar surface area (TPSA) is 98.7 Å². The molecule has 0 saturated carbocycles. The maximum absolute atomic E-state index is 11.7. The number of aryl methyl sites for hydroxylation is 1. The van der Waals surface area contributed by atoms with Crippen LogP contribution < -0.4 is 5.32 Å². The molecule has 9 heteroatoms. The molecule has 2 rings (SSSR count). The Bertz CT molecular complexity index is 579. The van der Waals surface area contributed by atoms with Gasteiger partial charge in [0.25, 0.3) is 5.22 Å². The van der Waals surface area contributed by atoms with E-state index in [2.05, 4.69) is 25.7 Å². The van der Waals surface area contributed by atoms with Crippen molar-refractivity contribution in [3.8, 4) is 0 Å². The summed E-state index contributed by atoms with van der Waals surface area (Å²) in [6.45, 7) is 6.11. The van der Waals surface area contributed by atoms with E-state index < -0.39 is 0 Å². The second-order valence-electron chi connectivity index (χ2n) is 4.40. The Morgan fingerprint density at radius 1 is 1.45 bits per heavy atom. The number of aromatic nitrogens is 5. The van der Waals surface area contributed by atoms with Crippen molar-refractivity contribution in [3.63, 3.8) is 0 Å². The molecule has 2 aromatic heterocycles. The molecule has 0 fully saturated rings. The van der Waals surface area contributed by atoms with Crippen LogP contribution in [0.2, 0.25) is 0 Å². The van der Waals surface area contributed by atoms with E-state index in [9.17, 15) is 4.79 Å². The van der Waals surface area contributed by atoms with Crippen molar-refractivity contribution in [2.45, 2.75) is 38.6 Å². The van der Waals surface area contributed by atoms with E-state index in [-0.39, 0.29) is 17.7 Å². The van der Waals surface area contributed by atoms with E-state index in [1.54, 1.807) is 13.3 Å². The molecule has 0 bridgehead atoms. The molecule has 2 aromatic rings. The monoisotopic (exact) mass is 296 g/mol. The van der Waals surface area contributed by atoms with Crippen molar-refractivity contribution in [1.29, 1.82) is 0 Å². The lowest BCUT2D eigenvalue weighted by Crippen LogP contribution is -2.26. The third-order valence-electron chi connectivity index (χ3n) is 2.48. The molecule has 0 aliphatic heterocycles. The van der Waals surface area contributed by atoms with Crippen molar-refractivity contribution in [2.24, 2.45) is 0 Å². The molecule has 0 spiro atoms. The SMILES string of the molecule is Cc1nnc(SCC(=O)NCc2nncn2C(C)C)o1. The van der Waals surface area contributed by atoms with Gasteiger partial charge in [0.1, 0.15) is 6.33 Å². The van der Waals surface area contributed by atoms with Crippen LogP contribution in [0.15, 0.2) is 16.0 Å². The number of carbonyl (C=O) groups excluding carboxylic acids is 1. The van der Waals surface area contributed by atoms with Crippen molar-refractivity contribution >= 4 is 17.7 Å². The smallest absolute Gasteiger partial charge is 0.277 e. The maximum Gasteiger partial charge on any atom is 0.277 e. The molecule has 108 valence electrons. The Labute approximate surface area is 120 Å². The van der Waals surface area contributed by atoms with Gasteiger partial charge in [-0.1, -0.05) is 11.8 Å². The first-order valence-corrected chi connectivity index (χ1v) is 7.13. The minimum Gasteiger partial charge on any atom is -0.416 e. The maximum atomic E-state index is 11.7. The van der Waals surface area contributed by atoms with Gasteiger partial charge in [-0.15, -0.1) is 20.4 Å². The number of amides is 1. The Balaban J connectivity index is 1.79. The standard InChI is InChI=1S/C11H16N6O2S/c1-7(2)17-6-13-15-9(17)4-12-10(18)5-20-11-16-14-8(3)19-11/h6-7H,4-5H2,1-3H3,(H,12,18). The average molecular weight is 296 g/mol. The summed E-state index contributed by atoms with van der Waals surface area (Å²) in [4.78, 5) is 11.7. The second-order valence-corrected chi connectivity index (χ2v) is 5.33. The molecule has 0 aliphatic rings. The predicted molar refractivity (Wildman–Crippen MR) is 72.0 cm³/mol. The van der Waals surface area contributed by atoms with Gasteiger partial charge >= 0.3 is 0 Å². The minimum atomic E-state index is -0.121. The van der Waals surface area contributed by atoms with Crippen LogP contribution in [-0.4, -0.2) is 36.6 Å². The molecule has 0 saturated heterocycles. The number of nitrogens with zero attached hydrogens (tertiary/aromatic N) is 5. The largest absolute Gasteiger partial charge is 0.416 e. The number of rotatable bonds is 6. The van der Waals surface area contributed by atoms with Crippen molar-refractivity contribution in [2.75, 3.05) is 5.75 Å². The van der Waals surface area contributed by atoms with Gasteiger partial charge in [0.2, 0.25) is 11.8 Å². The van der Waals surface area contributed by atoms with E-state index in [0.29, 0.717) is 17.7 Å². The Hall–Kier alpha value is -1.90. The molecular weight excluding hydrogens is 280 g/mol. The van der Waals surface area contributed by atoms with Crippen LogP contribution >= 0.6 is 11.8 Å². The lowest BCUT2D eigenvalue weighted by molar-refractivity contribution is -0.118. The lowest BCUT2D eigenvalue weighted by atomic mass is 10.4. The summed E-state index contributed by atoms with van der Waals surface area (Å²) < 4.78 is 7.08. The van der Waals surface area contributed by atoms with Crippen LogP contribution in [0.3, 0.4) is 0 Å². The normalized spacial score (nSPS) is 11.0. The number of nitrogens with one attached hydrogen (secondary N) is 1. The second kappa shape index (κ2) is 6.51. The molecule has 20 heavy (non-hydrogen) atoms. The quantitative estimate of drug-likeness (QED) is 0.792. The van der Waals surface area contributed by atoms with E-state index in [4.69, 9.17) is 4.42 Å². The molecular formula is C11H16N6O2S. The molecule has 0 aliphatic carbocycles. The van der Waals surface area contributed by atoms with Gasteiger partial charge in [0.05, 0.1) is 12.3 Å². The van der Waals surface area contributed by atoms with Crippen LogP contribution in [0.4, 0.5) is 0 Å². The minimum absolute atomic E-state index is 0.121. The fraction of sp³-hybridized carbons (Fsp3) is 0.545. The number of hydrogen-bond acceptors (Lipinski definition) is 7. The van der Waals surface area contributed by atoms with Gasteiger partial charge in [-0.2, -0.15) is 0 Å². The van der Waals surface area contributed by atoms with Crippen molar-refractivity contribution in [3.05, 3.63) is 18.0 Å². The molecule has 1 amide bonds. The lowest BCUT2D eigenvalue weighted by Gasteiger charge is -2.10. The zero-order valence-corrected chi connectivity index (χ0v) is 12.3. The first-order valence-electron chi connectivity index (χ1n) is 6.14. The third-order valence-corrected chi connectivity index (χ3v) is 3.30. The average Bonchev–Trinajstić information content (AvgIpc) is 3.02. The first kappa shape index (κ1) is 14.5. The molecule has 2 heterocycles. The Morgan fingerprint density at radius 3 is 2.90 bits per heavy atom. The van der Waals surface area contributed by atoms with Crippen molar-refractivity contribution < 1.29 is 9.21 Å². The Morgan fingerprint density at radius 2 is 2.25 bits per heavy atom. The molecule has 1 N–H and O–H groups in total. The van der Waals surface area contributed by atoms with E-state index in [1.165, 1.54) is 11.8 Å². The summed E-state index contributed by atoms with van der Waals surface area (Å²) in [7, 11) is 0. The fourth-order valence-electron chi connectivity index (χ4n) is 1.52.